The van der Waals surface area contributed by atoms with Crippen LogP contribution in [-0.2, 0) is 10.5 Å². The standard InChI is InChI=1S/C19H15F5N2O2S/c1-9(7-28-2)26-18(27)10-5-3-4-6-12(10)25-19(26)29-8-11-13(20)15(22)17(24)16(23)14(11)21/h3-6,9H,7-8H2,1-2H3. The monoisotopic (exact) mass is 430 g/mol. The minimum atomic E-state index is -2.22. The lowest BCUT2D eigenvalue weighted by Crippen LogP contribution is -2.28. The average molecular weight is 430 g/mol. The Hall–Kier alpha value is -2.46. The van der Waals surface area contributed by atoms with Gasteiger partial charge in [0.05, 0.1) is 23.6 Å². The highest BCUT2D eigenvalue weighted by molar-refractivity contribution is 7.98. The molecule has 1 aromatic heterocycles. The van der Waals surface area contributed by atoms with E-state index in [0.29, 0.717) is 22.7 Å². The zero-order valence-corrected chi connectivity index (χ0v) is 16.1. The Morgan fingerprint density at radius 2 is 1.62 bits per heavy atom. The molecule has 1 unspecified atom stereocenters. The Kier molecular flexibility index (Phi) is 6.23. The summed E-state index contributed by atoms with van der Waals surface area (Å²) in [5, 5.41) is 0.401. The second kappa shape index (κ2) is 8.50. The van der Waals surface area contributed by atoms with Crippen molar-refractivity contribution < 1.29 is 26.7 Å². The number of aromatic nitrogens is 2. The van der Waals surface area contributed by atoms with Crippen LogP contribution < -0.4 is 5.56 Å². The van der Waals surface area contributed by atoms with Gasteiger partial charge in [-0.1, -0.05) is 23.9 Å². The third-order valence-corrected chi connectivity index (χ3v) is 5.25. The van der Waals surface area contributed by atoms with Crippen LogP contribution in [0.3, 0.4) is 0 Å². The molecule has 3 aromatic rings. The third-order valence-electron chi connectivity index (χ3n) is 4.27. The Morgan fingerprint density at radius 1 is 1.03 bits per heavy atom. The fourth-order valence-electron chi connectivity index (χ4n) is 2.85. The number of rotatable bonds is 6. The van der Waals surface area contributed by atoms with Crippen molar-refractivity contribution in [2.75, 3.05) is 13.7 Å². The number of nitrogens with zero attached hydrogens (tertiary/aromatic N) is 2. The number of methoxy groups -OCH3 is 1. The Bertz CT molecular complexity index is 1110. The van der Waals surface area contributed by atoms with Crippen molar-refractivity contribution in [3.63, 3.8) is 0 Å². The van der Waals surface area contributed by atoms with Gasteiger partial charge in [0.25, 0.3) is 5.56 Å². The SMILES string of the molecule is COCC(C)n1c(SCc2c(F)c(F)c(F)c(F)c2F)nc2ccccc2c1=O. The highest BCUT2D eigenvalue weighted by Gasteiger charge is 2.26. The summed E-state index contributed by atoms with van der Waals surface area (Å²) < 4.78 is 74.4. The van der Waals surface area contributed by atoms with Crippen molar-refractivity contribution in [3.05, 3.63) is 69.3 Å². The maximum absolute atomic E-state index is 14.0. The predicted octanol–water partition coefficient (Wildman–Crippen LogP) is 4.59. The molecule has 2 aromatic carbocycles. The van der Waals surface area contributed by atoms with Gasteiger partial charge in [-0.25, -0.2) is 26.9 Å². The molecule has 0 saturated heterocycles. The number of fused-ring (bicyclic) bond motifs is 1. The minimum Gasteiger partial charge on any atom is -0.383 e. The summed E-state index contributed by atoms with van der Waals surface area (Å²) in [6.07, 6.45) is 0. The van der Waals surface area contributed by atoms with Crippen LogP contribution in [0.15, 0.2) is 34.2 Å². The van der Waals surface area contributed by atoms with Crippen molar-refractivity contribution in [2.45, 2.75) is 23.9 Å². The van der Waals surface area contributed by atoms with Crippen molar-refractivity contribution in [2.24, 2.45) is 0 Å². The topological polar surface area (TPSA) is 44.1 Å². The van der Waals surface area contributed by atoms with E-state index in [2.05, 4.69) is 4.98 Å². The fraction of sp³-hybridized carbons (Fsp3) is 0.263. The molecule has 0 amide bonds. The summed E-state index contributed by atoms with van der Waals surface area (Å²) in [6, 6.07) is 6.02. The first-order chi connectivity index (χ1) is 13.8. The van der Waals surface area contributed by atoms with Crippen LogP contribution >= 0.6 is 11.8 Å². The van der Waals surface area contributed by atoms with Gasteiger partial charge in [-0.05, 0) is 19.1 Å². The summed E-state index contributed by atoms with van der Waals surface area (Å²) in [7, 11) is 1.44. The van der Waals surface area contributed by atoms with Gasteiger partial charge in [-0.2, -0.15) is 0 Å². The first-order valence-corrected chi connectivity index (χ1v) is 9.39. The van der Waals surface area contributed by atoms with E-state index < -0.39 is 52.0 Å². The van der Waals surface area contributed by atoms with E-state index in [0.717, 1.165) is 0 Å². The number of hydrogen-bond donors (Lipinski definition) is 0. The van der Waals surface area contributed by atoms with Crippen LogP contribution in [0.5, 0.6) is 0 Å². The van der Waals surface area contributed by atoms with E-state index >= 15 is 0 Å². The van der Waals surface area contributed by atoms with Gasteiger partial charge in [0.15, 0.2) is 28.4 Å². The van der Waals surface area contributed by atoms with E-state index in [9.17, 15) is 26.7 Å². The molecule has 0 spiro atoms. The highest BCUT2D eigenvalue weighted by atomic mass is 32.2. The molecule has 0 aliphatic heterocycles. The van der Waals surface area contributed by atoms with Crippen molar-refractivity contribution in [3.8, 4) is 0 Å². The Morgan fingerprint density at radius 3 is 2.24 bits per heavy atom. The summed E-state index contributed by atoms with van der Waals surface area (Å²) >= 11 is 0.695. The highest BCUT2D eigenvalue weighted by Crippen LogP contribution is 2.30. The smallest absolute Gasteiger partial charge is 0.262 e. The second-order valence-electron chi connectivity index (χ2n) is 6.23. The van der Waals surface area contributed by atoms with Gasteiger partial charge in [0.2, 0.25) is 5.82 Å². The Labute approximate surface area is 166 Å². The van der Waals surface area contributed by atoms with Gasteiger partial charge in [-0.15, -0.1) is 0 Å². The fourth-order valence-corrected chi connectivity index (χ4v) is 3.94. The lowest BCUT2D eigenvalue weighted by atomic mass is 10.2. The normalized spacial score (nSPS) is 12.5. The summed E-state index contributed by atoms with van der Waals surface area (Å²) in [5.41, 5.74) is -1.04. The van der Waals surface area contributed by atoms with E-state index in [1.807, 2.05) is 0 Å². The molecule has 0 radical (unpaired) electrons. The molecule has 29 heavy (non-hydrogen) atoms. The zero-order chi connectivity index (χ0) is 21.3. The molecule has 154 valence electrons. The molecule has 4 nitrogen and oxygen atoms in total. The van der Waals surface area contributed by atoms with Gasteiger partial charge in [0.1, 0.15) is 0 Å². The predicted molar refractivity (Wildman–Crippen MR) is 98.4 cm³/mol. The average Bonchev–Trinajstić information content (AvgIpc) is 2.71. The molecule has 0 aliphatic carbocycles. The maximum Gasteiger partial charge on any atom is 0.262 e. The quantitative estimate of drug-likeness (QED) is 0.189. The molecule has 1 heterocycles. The summed E-state index contributed by atoms with van der Waals surface area (Å²) in [4.78, 5) is 17.2. The van der Waals surface area contributed by atoms with Crippen LogP contribution in [0.4, 0.5) is 22.0 Å². The van der Waals surface area contributed by atoms with Crippen LogP contribution in [0.1, 0.15) is 18.5 Å². The molecular weight excluding hydrogens is 415 g/mol. The van der Waals surface area contributed by atoms with Crippen LogP contribution in [0.2, 0.25) is 0 Å². The first-order valence-electron chi connectivity index (χ1n) is 8.41. The number of ether oxygens (including phenoxy) is 1. The number of thioether (sulfide) groups is 1. The molecule has 3 rings (SSSR count). The molecule has 0 N–H and O–H groups in total. The lowest BCUT2D eigenvalue weighted by molar-refractivity contribution is 0.156. The van der Waals surface area contributed by atoms with Crippen LogP contribution in [-0.4, -0.2) is 23.3 Å². The minimum absolute atomic E-state index is 0.0715. The number of halogens is 5. The Balaban J connectivity index is 2.09. The first kappa shape index (κ1) is 21.3. The van der Waals surface area contributed by atoms with Gasteiger partial charge in [0, 0.05) is 18.4 Å². The molecule has 0 fully saturated rings. The molecule has 0 bridgehead atoms. The number of hydrogen-bond acceptors (Lipinski definition) is 4. The zero-order valence-electron chi connectivity index (χ0n) is 15.3. The summed E-state index contributed by atoms with van der Waals surface area (Å²) in [5.74, 6) is -10.7. The van der Waals surface area contributed by atoms with Crippen LogP contribution in [0.25, 0.3) is 10.9 Å². The van der Waals surface area contributed by atoms with Gasteiger partial charge >= 0.3 is 0 Å². The van der Waals surface area contributed by atoms with E-state index in [1.54, 1.807) is 31.2 Å². The van der Waals surface area contributed by atoms with E-state index in [-0.39, 0.29) is 11.8 Å². The number of para-hydroxylation sites is 1. The maximum atomic E-state index is 14.0. The van der Waals surface area contributed by atoms with Crippen molar-refractivity contribution in [1.82, 2.24) is 9.55 Å². The van der Waals surface area contributed by atoms with E-state index in [1.165, 1.54) is 11.7 Å². The van der Waals surface area contributed by atoms with Gasteiger partial charge < -0.3 is 4.74 Å². The number of benzene rings is 2. The van der Waals surface area contributed by atoms with Gasteiger partial charge in [-0.3, -0.25) is 9.36 Å². The molecule has 0 aliphatic rings. The second-order valence-corrected chi connectivity index (χ2v) is 7.17. The molecule has 10 heteroatoms. The van der Waals surface area contributed by atoms with Crippen molar-refractivity contribution in [1.29, 1.82) is 0 Å². The largest absolute Gasteiger partial charge is 0.383 e. The van der Waals surface area contributed by atoms with E-state index in [4.69, 9.17) is 4.74 Å². The molecule has 1 atom stereocenters. The molecular formula is C19H15F5N2O2S. The van der Waals surface area contributed by atoms with Crippen molar-refractivity contribution >= 4 is 22.7 Å². The lowest BCUT2D eigenvalue weighted by Gasteiger charge is -2.19. The summed E-state index contributed by atoms with van der Waals surface area (Å²) in [6.45, 7) is 1.83. The van der Waals surface area contributed by atoms with Crippen LogP contribution in [0, 0.1) is 29.1 Å². The third kappa shape index (κ3) is 3.86. The molecule has 0 saturated carbocycles.